The predicted octanol–water partition coefficient (Wildman–Crippen LogP) is -0.917. The molecule has 0 saturated heterocycles. The number of nitrogens with one attached hydrogen (secondary N) is 1. The largest absolute Gasteiger partial charge is 0.392 e. The van der Waals surface area contributed by atoms with Gasteiger partial charge in [-0.2, -0.15) is 4.98 Å². The third kappa shape index (κ3) is 1.68. The van der Waals surface area contributed by atoms with E-state index in [1.165, 1.54) is 6.33 Å². The standard InChI is InChI=1S/C8H11N5O2/c1-4(14)2-13-3-10-5-6(13)11-8(9)12-7(5)15/h3-4,14H,2H2,1H3,(H3,9,11,12,15). The monoisotopic (exact) mass is 209 g/mol. The maximum atomic E-state index is 11.4. The smallest absolute Gasteiger partial charge is 0.280 e. The Kier molecular flexibility index (Phi) is 2.16. The summed E-state index contributed by atoms with van der Waals surface area (Å²) < 4.78 is 1.59. The van der Waals surface area contributed by atoms with E-state index in [4.69, 9.17) is 5.73 Å². The number of imidazole rings is 1. The zero-order chi connectivity index (χ0) is 11.0. The molecular weight excluding hydrogens is 198 g/mol. The van der Waals surface area contributed by atoms with E-state index in [0.29, 0.717) is 12.2 Å². The normalized spacial score (nSPS) is 13.2. The summed E-state index contributed by atoms with van der Waals surface area (Å²) in [5, 5.41) is 9.23. The molecule has 0 radical (unpaired) electrons. The molecule has 2 heterocycles. The first kappa shape index (κ1) is 9.66. The highest BCUT2D eigenvalue weighted by molar-refractivity contribution is 5.70. The molecule has 0 amide bonds. The van der Waals surface area contributed by atoms with Crippen molar-refractivity contribution in [3.05, 3.63) is 16.7 Å². The number of nitrogen functional groups attached to an aromatic ring is 1. The molecule has 4 N–H and O–H groups in total. The van der Waals surface area contributed by atoms with Crippen molar-refractivity contribution in [1.29, 1.82) is 0 Å². The van der Waals surface area contributed by atoms with E-state index in [1.54, 1.807) is 11.5 Å². The van der Waals surface area contributed by atoms with Gasteiger partial charge in [0.05, 0.1) is 19.0 Å². The Morgan fingerprint density at radius 1 is 1.73 bits per heavy atom. The van der Waals surface area contributed by atoms with Crippen molar-refractivity contribution >= 4 is 17.1 Å². The Bertz CT molecular complexity index is 541. The molecule has 2 aromatic heterocycles. The molecule has 0 aliphatic rings. The van der Waals surface area contributed by atoms with E-state index >= 15 is 0 Å². The Morgan fingerprint density at radius 2 is 2.47 bits per heavy atom. The van der Waals surface area contributed by atoms with Gasteiger partial charge in [0, 0.05) is 0 Å². The first-order chi connectivity index (χ1) is 7.08. The van der Waals surface area contributed by atoms with E-state index in [0.717, 1.165) is 0 Å². The topological polar surface area (TPSA) is 110 Å². The van der Waals surface area contributed by atoms with Crippen LogP contribution in [0, 0.1) is 0 Å². The molecule has 0 spiro atoms. The fraction of sp³-hybridized carbons (Fsp3) is 0.375. The molecule has 0 bridgehead atoms. The minimum atomic E-state index is -0.537. The molecule has 2 rings (SSSR count). The van der Waals surface area contributed by atoms with Crippen LogP contribution in [0.5, 0.6) is 0 Å². The molecule has 0 aliphatic heterocycles. The van der Waals surface area contributed by atoms with Crippen molar-refractivity contribution in [3.63, 3.8) is 0 Å². The molecule has 7 heteroatoms. The number of nitrogens with two attached hydrogens (primary N) is 1. The average Bonchev–Trinajstić information content (AvgIpc) is 2.48. The van der Waals surface area contributed by atoms with Crippen molar-refractivity contribution < 1.29 is 5.11 Å². The fourth-order valence-electron chi connectivity index (χ4n) is 1.39. The van der Waals surface area contributed by atoms with Crippen LogP contribution in [0.2, 0.25) is 0 Å². The summed E-state index contributed by atoms with van der Waals surface area (Å²) in [7, 11) is 0. The second-order valence-electron chi connectivity index (χ2n) is 3.37. The molecule has 0 saturated carbocycles. The van der Waals surface area contributed by atoms with Gasteiger partial charge in [0.15, 0.2) is 11.2 Å². The van der Waals surface area contributed by atoms with Crippen LogP contribution in [0.15, 0.2) is 11.1 Å². The van der Waals surface area contributed by atoms with Crippen LogP contribution in [0.25, 0.3) is 11.2 Å². The number of hydrogen-bond acceptors (Lipinski definition) is 5. The summed E-state index contributed by atoms with van der Waals surface area (Å²) in [4.78, 5) is 21.6. The molecule has 2 aromatic rings. The Balaban J connectivity index is 2.63. The number of H-pyrrole nitrogens is 1. The highest BCUT2D eigenvalue weighted by atomic mass is 16.3. The summed E-state index contributed by atoms with van der Waals surface area (Å²) in [5.74, 6) is 0.0415. The van der Waals surface area contributed by atoms with E-state index in [-0.39, 0.29) is 17.0 Å². The third-order valence-corrected chi connectivity index (χ3v) is 1.95. The molecule has 1 unspecified atom stereocenters. The lowest BCUT2D eigenvalue weighted by Gasteiger charge is -2.05. The van der Waals surface area contributed by atoms with E-state index in [9.17, 15) is 9.90 Å². The minimum absolute atomic E-state index is 0.0415. The van der Waals surface area contributed by atoms with Gasteiger partial charge >= 0.3 is 0 Å². The van der Waals surface area contributed by atoms with Gasteiger partial charge in [0.2, 0.25) is 5.95 Å². The quantitative estimate of drug-likeness (QED) is 0.592. The molecule has 15 heavy (non-hydrogen) atoms. The van der Waals surface area contributed by atoms with Gasteiger partial charge in [-0.1, -0.05) is 0 Å². The number of aromatic amines is 1. The number of anilines is 1. The first-order valence-corrected chi connectivity index (χ1v) is 4.46. The van der Waals surface area contributed by atoms with Crippen LogP contribution >= 0.6 is 0 Å². The number of nitrogens with zero attached hydrogens (tertiary/aromatic N) is 3. The van der Waals surface area contributed by atoms with Crippen LogP contribution < -0.4 is 11.3 Å². The number of fused-ring (bicyclic) bond motifs is 1. The summed E-state index contributed by atoms with van der Waals surface area (Å²) in [6, 6.07) is 0. The lowest BCUT2D eigenvalue weighted by molar-refractivity contribution is 0.175. The minimum Gasteiger partial charge on any atom is -0.392 e. The molecular formula is C8H11N5O2. The maximum Gasteiger partial charge on any atom is 0.280 e. The zero-order valence-electron chi connectivity index (χ0n) is 8.14. The van der Waals surface area contributed by atoms with Crippen LogP contribution in [0.3, 0.4) is 0 Å². The van der Waals surface area contributed by atoms with Crippen LogP contribution in [-0.2, 0) is 6.54 Å². The summed E-state index contributed by atoms with van der Waals surface area (Å²) in [6.07, 6.45) is 0.920. The van der Waals surface area contributed by atoms with Gasteiger partial charge in [-0.05, 0) is 6.92 Å². The van der Waals surface area contributed by atoms with Crippen molar-refractivity contribution in [1.82, 2.24) is 19.5 Å². The van der Waals surface area contributed by atoms with Crippen molar-refractivity contribution in [2.24, 2.45) is 0 Å². The van der Waals surface area contributed by atoms with E-state index < -0.39 is 6.10 Å². The van der Waals surface area contributed by atoms with Crippen molar-refractivity contribution in [2.45, 2.75) is 19.6 Å². The number of hydrogen-bond donors (Lipinski definition) is 3. The molecule has 7 nitrogen and oxygen atoms in total. The van der Waals surface area contributed by atoms with Crippen LogP contribution in [0.4, 0.5) is 5.95 Å². The number of rotatable bonds is 2. The first-order valence-electron chi connectivity index (χ1n) is 4.46. The fourth-order valence-corrected chi connectivity index (χ4v) is 1.39. The van der Waals surface area contributed by atoms with Gasteiger partial charge in [-0.3, -0.25) is 9.78 Å². The van der Waals surface area contributed by atoms with Crippen LogP contribution in [-0.4, -0.2) is 30.7 Å². The number of aliphatic hydroxyl groups excluding tert-OH is 1. The van der Waals surface area contributed by atoms with Crippen LogP contribution in [0.1, 0.15) is 6.92 Å². The van der Waals surface area contributed by atoms with Gasteiger partial charge in [-0.25, -0.2) is 4.98 Å². The molecule has 1 atom stereocenters. The molecule has 0 aliphatic carbocycles. The third-order valence-electron chi connectivity index (χ3n) is 1.95. The van der Waals surface area contributed by atoms with Crippen molar-refractivity contribution in [2.75, 3.05) is 5.73 Å². The maximum absolute atomic E-state index is 11.4. The average molecular weight is 209 g/mol. The second kappa shape index (κ2) is 3.35. The van der Waals surface area contributed by atoms with E-state index in [1.807, 2.05) is 0 Å². The number of aliphatic hydroxyl groups is 1. The second-order valence-corrected chi connectivity index (χ2v) is 3.37. The van der Waals surface area contributed by atoms with Gasteiger partial charge in [-0.15, -0.1) is 0 Å². The summed E-state index contributed by atoms with van der Waals surface area (Å²) in [6.45, 7) is 1.97. The highest BCUT2D eigenvalue weighted by Crippen LogP contribution is 2.06. The molecule has 0 fully saturated rings. The molecule has 80 valence electrons. The van der Waals surface area contributed by atoms with Gasteiger partial charge in [0.25, 0.3) is 5.56 Å². The van der Waals surface area contributed by atoms with Crippen molar-refractivity contribution in [3.8, 4) is 0 Å². The van der Waals surface area contributed by atoms with Gasteiger partial charge in [0.1, 0.15) is 0 Å². The highest BCUT2D eigenvalue weighted by Gasteiger charge is 2.09. The lowest BCUT2D eigenvalue weighted by Crippen LogP contribution is -2.15. The zero-order valence-corrected chi connectivity index (χ0v) is 8.14. The lowest BCUT2D eigenvalue weighted by atomic mass is 10.4. The van der Waals surface area contributed by atoms with Gasteiger partial charge < -0.3 is 15.4 Å². The molecule has 0 aromatic carbocycles. The summed E-state index contributed by atoms with van der Waals surface area (Å²) >= 11 is 0. The summed E-state index contributed by atoms with van der Waals surface area (Å²) in [5.41, 5.74) is 5.65. The SMILES string of the molecule is CC(O)Cn1cnc2c(=O)[nH]c(N)nc21. The Labute approximate surface area is 84.6 Å². The predicted molar refractivity (Wildman–Crippen MR) is 54.2 cm³/mol. The Hall–Kier alpha value is -1.89. The number of aromatic nitrogens is 4. The van der Waals surface area contributed by atoms with E-state index in [2.05, 4.69) is 15.0 Å². The Morgan fingerprint density at radius 3 is 3.13 bits per heavy atom.